The fourth-order valence-corrected chi connectivity index (χ4v) is 6.92. The van der Waals surface area contributed by atoms with Crippen LogP contribution < -0.4 is 9.80 Å². The zero-order valence-electron chi connectivity index (χ0n) is 25.8. The Morgan fingerprint density at radius 1 is 0.511 bits per heavy atom. The second kappa shape index (κ2) is 12.5. The Morgan fingerprint density at radius 3 is 1.62 bits per heavy atom. The molecule has 3 unspecified atom stereocenters. The number of rotatable bonds is 7. The predicted molar refractivity (Wildman–Crippen MR) is 192 cm³/mol. The highest BCUT2D eigenvalue weighted by Crippen LogP contribution is 2.47. The summed E-state index contributed by atoms with van der Waals surface area (Å²) in [7, 11) is 0. The molecule has 0 saturated heterocycles. The Morgan fingerprint density at radius 2 is 0.979 bits per heavy atom. The molecule has 228 valence electrons. The van der Waals surface area contributed by atoms with E-state index in [1.165, 1.54) is 5.56 Å². The van der Waals surface area contributed by atoms with Crippen LogP contribution in [0.2, 0.25) is 0 Å². The first kappa shape index (κ1) is 28.7. The summed E-state index contributed by atoms with van der Waals surface area (Å²) in [6.07, 6.45) is -1.02. The standard InChI is InChI=1S/C42H34N4O/c47-42-39(32-21-9-3-10-22-32)44-35-26-14-16-28-37(35)46(42)40(33-23-11-4-12-24-33)41-38(31-19-7-2-8-20-31)43-34-25-13-15-27-36(34)45(41)29-30-17-5-1-6-18-30/h1-28,40-42,47H,29H2. The zero-order valence-corrected chi connectivity index (χ0v) is 25.8. The van der Waals surface area contributed by atoms with Crippen LogP contribution in [0.1, 0.15) is 28.3 Å². The third kappa shape index (κ3) is 5.41. The number of para-hydroxylation sites is 4. The molecule has 0 fully saturated rings. The summed E-state index contributed by atoms with van der Waals surface area (Å²) in [6, 6.07) is 57.4. The van der Waals surface area contributed by atoms with Crippen LogP contribution in [0.3, 0.4) is 0 Å². The van der Waals surface area contributed by atoms with Gasteiger partial charge >= 0.3 is 0 Å². The molecule has 1 N–H and O–H groups in total. The minimum atomic E-state index is -1.02. The molecule has 0 aliphatic carbocycles. The minimum Gasteiger partial charge on any atom is -0.368 e. The van der Waals surface area contributed by atoms with Gasteiger partial charge in [0.1, 0.15) is 0 Å². The lowest BCUT2D eigenvalue weighted by Gasteiger charge is -2.49. The molecule has 6 aromatic rings. The molecule has 2 aliphatic rings. The average Bonchev–Trinajstić information content (AvgIpc) is 3.14. The van der Waals surface area contributed by atoms with Crippen LogP contribution in [0.5, 0.6) is 0 Å². The number of aliphatic hydroxyl groups excluding tert-OH is 1. The minimum absolute atomic E-state index is 0.298. The van der Waals surface area contributed by atoms with E-state index in [0.717, 1.165) is 45.2 Å². The fraction of sp³-hybridized carbons (Fsp3) is 0.0952. The van der Waals surface area contributed by atoms with E-state index in [1.54, 1.807) is 0 Å². The lowest BCUT2D eigenvalue weighted by Crippen LogP contribution is -2.56. The monoisotopic (exact) mass is 610 g/mol. The lowest BCUT2D eigenvalue weighted by molar-refractivity contribution is 0.217. The molecule has 3 atom stereocenters. The van der Waals surface area contributed by atoms with Crippen LogP contribution in [0.4, 0.5) is 22.7 Å². The molecular formula is C42H34N4O. The molecule has 8 rings (SSSR count). The van der Waals surface area contributed by atoms with Crippen molar-refractivity contribution in [2.24, 2.45) is 9.98 Å². The topological polar surface area (TPSA) is 51.4 Å². The average molecular weight is 611 g/mol. The van der Waals surface area contributed by atoms with Crippen LogP contribution in [0, 0.1) is 0 Å². The Hall–Kier alpha value is -5.78. The van der Waals surface area contributed by atoms with Gasteiger partial charge in [-0.05, 0) is 41.0 Å². The summed E-state index contributed by atoms with van der Waals surface area (Å²) < 4.78 is 0. The number of anilines is 2. The van der Waals surface area contributed by atoms with Crippen molar-refractivity contribution in [2.45, 2.75) is 24.9 Å². The summed E-state index contributed by atoms with van der Waals surface area (Å²) in [5, 5.41) is 12.6. The molecule has 47 heavy (non-hydrogen) atoms. The lowest BCUT2D eigenvalue weighted by atomic mass is 9.86. The first-order chi connectivity index (χ1) is 23.3. The molecule has 5 heteroatoms. The van der Waals surface area contributed by atoms with Gasteiger partial charge in [-0.2, -0.15) is 0 Å². The van der Waals surface area contributed by atoms with Crippen molar-refractivity contribution in [2.75, 3.05) is 9.80 Å². The van der Waals surface area contributed by atoms with Crippen molar-refractivity contribution >= 4 is 34.2 Å². The van der Waals surface area contributed by atoms with E-state index in [4.69, 9.17) is 9.98 Å². The van der Waals surface area contributed by atoms with Gasteiger partial charge in [-0.25, -0.2) is 9.98 Å². The molecule has 0 aromatic heterocycles. The van der Waals surface area contributed by atoms with E-state index in [2.05, 4.69) is 113 Å². The number of nitrogens with zero attached hydrogens (tertiary/aromatic N) is 4. The van der Waals surface area contributed by atoms with Gasteiger partial charge in [0.2, 0.25) is 0 Å². The quantitative estimate of drug-likeness (QED) is 0.196. The number of aliphatic imine (C=N–C) groups is 2. The van der Waals surface area contributed by atoms with E-state index in [9.17, 15) is 5.11 Å². The smallest absolute Gasteiger partial charge is 0.171 e. The van der Waals surface area contributed by atoms with Gasteiger partial charge in [-0.1, -0.05) is 146 Å². The molecule has 0 spiro atoms. The Bertz CT molecular complexity index is 2050. The maximum atomic E-state index is 12.6. The van der Waals surface area contributed by atoms with E-state index in [-0.39, 0.29) is 12.1 Å². The van der Waals surface area contributed by atoms with E-state index >= 15 is 0 Å². The Kier molecular flexibility index (Phi) is 7.66. The molecule has 2 aliphatic heterocycles. The highest BCUT2D eigenvalue weighted by Gasteiger charge is 2.45. The predicted octanol–water partition coefficient (Wildman–Crippen LogP) is 8.90. The maximum absolute atomic E-state index is 12.6. The van der Waals surface area contributed by atoms with Gasteiger partial charge in [0.25, 0.3) is 0 Å². The van der Waals surface area contributed by atoms with Crippen LogP contribution in [0.25, 0.3) is 0 Å². The second-order valence-electron chi connectivity index (χ2n) is 11.9. The molecular weight excluding hydrogens is 576 g/mol. The molecule has 2 heterocycles. The normalized spacial score (nSPS) is 17.6. The van der Waals surface area contributed by atoms with Gasteiger partial charge in [-0.3, -0.25) is 0 Å². The van der Waals surface area contributed by atoms with E-state index in [0.29, 0.717) is 12.3 Å². The van der Waals surface area contributed by atoms with Gasteiger partial charge in [0.15, 0.2) is 6.23 Å². The van der Waals surface area contributed by atoms with Crippen molar-refractivity contribution in [3.05, 3.63) is 192 Å². The third-order valence-corrected chi connectivity index (χ3v) is 9.03. The van der Waals surface area contributed by atoms with Gasteiger partial charge < -0.3 is 14.9 Å². The SMILES string of the molecule is OC1C(c2ccccc2)=Nc2ccccc2N1C(c1ccccc1)C1C(c2ccccc2)=Nc2ccccc2N1Cc1ccccc1. The number of benzene rings is 6. The second-order valence-corrected chi connectivity index (χ2v) is 11.9. The summed E-state index contributed by atoms with van der Waals surface area (Å²) in [6.45, 7) is 0.656. The molecule has 6 aromatic carbocycles. The fourth-order valence-electron chi connectivity index (χ4n) is 6.92. The van der Waals surface area contributed by atoms with Gasteiger partial charge in [0.05, 0.1) is 46.3 Å². The zero-order chi connectivity index (χ0) is 31.6. The largest absolute Gasteiger partial charge is 0.368 e. The summed E-state index contributed by atoms with van der Waals surface area (Å²) >= 11 is 0. The van der Waals surface area contributed by atoms with Crippen LogP contribution in [0.15, 0.2) is 180 Å². The molecule has 5 nitrogen and oxygen atoms in total. The van der Waals surface area contributed by atoms with Gasteiger partial charge in [-0.15, -0.1) is 0 Å². The third-order valence-electron chi connectivity index (χ3n) is 9.03. The Labute approximate surface area is 275 Å². The van der Waals surface area contributed by atoms with Gasteiger partial charge in [0, 0.05) is 12.1 Å². The van der Waals surface area contributed by atoms with Crippen LogP contribution in [-0.4, -0.2) is 28.8 Å². The van der Waals surface area contributed by atoms with Crippen molar-refractivity contribution in [3.63, 3.8) is 0 Å². The van der Waals surface area contributed by atoms with E-state index < -0.39 is 6.23 Å². The van der Waals surface area contributed by atoms with Crippen molar-refractivity contribution in [1.29, 1.82) is 0 Å². The summed E-state index contributed by atoms with van der Waals surface area (Å²) in [4.78, 5) is 15.1. The van der Waals surface area contributed by atoms with Crippen molar-refractivity contribution in [3.8, 4) is 0 Å². The highest BCUT2D eigenvalue weighted by molar-refractivity contribution is 6.12. The van der Waals surface area contributed by atoms with Crippen molar-refractivity contribution in [1.82, 2.24) is 0 Å². The highest BCUT2D eigenvalue weighted by atomic mass is 16.3. The molecule has 0 bridgehead atoms. The number of hydrogen-bond donors (Lipinski definition) is 1. The van der Waals surface area contributed by atoms with Crippen molar-refractivity contribution < 1.29 is 5.11 Å². The Balaban J connectivity index is 1.40. The summed E-state index contributed by atoms with van der Waals surface area (Å²) in [5.74, 6) is 0. The first-order valence-corrected chi connectivity index (χ1v) is 16.0. The molecule has 0 amide bonds. The molecule has 0 radical (unpaired) electrons. The molecule has 0 saturated carbocycles. The number of fused-ring (bicyclic) bond motifs is 2. The maximum Gasteiger partial charge on any atom is 0.171 e. The van der Waals surface area contributed by atoms with E-state index in [1.807, 2.05) is 66.7 Å². The summed E-state index contributed by atoms with van der Waals surface area (Å²) in [5.41, 5.74) is 9.44. The van der Waals surface area contributed by atoms with Crippen LogP contribution in [-0.2, 0) is 6.54 Å². The van der Waals surface area contributed by atoms with Crippen LogP contribution >= 0.6 is 0 Å². The number of aliphatic hydroxyl groups is 1. The first-order valence-electron chi connectivity index (χ1n) is 16.0. The number of hydrogen-bond acceptors (Lipinski definition) is 5.